The van der Waals surface area contributed by atoms with Crippen LogP contribution in [0, 0.1) is 0 Å². The van der Waals surface area contributed by atoms with Crippen LogP contribution < -0.4 is 10.6 Å². The molecule has 2 heterocycles. The minimum atomic E-state index is -0.246. The van der Waals surface area contributed by atoms with Crippen molar-refractivity contribution in [2.24, 2.45) is 0 Å². The molecule has 0 bridgehead atoms. The van der Waals surface area contributed by atoms with Crippen LogP contribution in [0.4, 0.5) is 0 Å². The molecule has 2 aromatic rings. The van der Waals surface area contributed by atoms with Gasteiger partial charge in [0.25, 0.3) is 5.91 Å². The van der Waals surface area contributed by atoms with Crippen molar-refractivity contribution in [2.45, 2.75) is 13.0 Å². The van der Waals surface area contributed by atoms with Crippen LogP contribution in [-0.4, -0.2) is 24.0 Å². The zero-order valence-corrected chi connectivity index (χ0v) is 11.7. The van der Waals surface area contributed by atoms with Crippen LogP contribution in [0.5, 0.6) is 0 Å². The van der Waals surface area contributed by atoms with Crippen molar-refractivity contribution in [3.05, 3.63) is 53.2 Å². The summed E-state index contributed by atoms with van der Waals surface area (Å²) in [7, 11) is 0. The third-order valence-corrected chi connectivity index (χ3v) is 2.87. The van der Waals surface area contributed by atoms with Gasteiger partial charge in [0.15, 0.2) is 11.0 Å². The molecule has 106 valence electrons. The highest BCUT2D eigenvalue weighted by atomic mass is 35.5. The maximum absolute atomic E-state index is 11.6. The van der Waals surface area contributed by atoms with Crippen molar-refractivity contribution < 1.29 is 9.21 Å². The van der Waals surface area contributed by atoms with Gasteiger partial charge < -0.3 is 15.1 Å². The molecule has 0 saturated carbocycles. The lowest BCUT2D eigenvalue weighted by molar-refractivity contribution is 0.0925. The number of amides is 1. The summed E-state index contributed by atoms with van der Waals surface area (Å²) in [5.74, 6) is -0.0116. The Morgan fingerprint density at radius 3 is 2.90 bits per heavy atom. The number of carbonyl (C=O) groups is 1. The van der Waals surface area contributed by atoms with Crippen LogP contribution in [0.3, 0.4) is 0 Å². The third kappa shape index (κ3) is 4.68. The fraction of sp³-hybridized carbons (Fsp3) is 0.286. The fourth-order valence-corrected chi connectivity index (χ4v) is 1.82. The number of pyridine rings is 1. The molecule has 1 amide bonds. The Kier molecular flexibility index (Phi) is 5.58. The first kappa shape index (κ1) is 14.6. The van der Waals surface area contributed by atoms with Gasteiger partial charge in [-0.2, -0.15) is 0 Å². The molecule has 2 N–H and O–H groups in total. The lowest BCUT2D eigenvalue weighted by Gasteiger charge is -2.05. The molecule has 0 aliphatic rings. The molecule has 2 aromatic heterocycles. The Balaban J connectivity index is 1.57. The molecule has 0 aliphatic carbocycles. The van der Waals surface area contributed by atoms with E-state index in [0.29, 0.717) is 6.54 Å². The van der Waals surface area contributed by atoms with Gasteiger partial charge >= 0.3 is 0 Å². The molecule has 0 unspecified atom stereocenters. The van der Waals surface area contributed by atoms with Gasteiger partial charge in [0, 0.05) is 25.5 Å². The number of nitrogens with one attached hydrogen (secondary N) is 2. The fourth-order valence-electron chi connectivity index (χ4n) is 1.67. The van der Waals surface area contributed by atoms with E-state index in [0.717, 1.165) is 25.1 Å². The first-order chi connectivity index (χ1) is 9.75. The average molecular weight is 294 g/mol. The molecule has 5 nitrogen and oxygen atoms in total. The summed E-state index contributed by atoms with van der Waals surface area (Å²) in [6.45, 7) is 2.17. The second-order valence-corrected chi connectivity index (χ2v) is 4.62. The standard InChI is InChI=1S/C14H16ClN3O2/c15-13-5-4-12(20-13)14(19)18-8-2-7-17-10-11-3-1-6-16-9-11/h1,3-6,9,17H,2,7-8,10H2,(H,18,19). The summed E-state index contributed by atoms with van der Waals surface area (Å²) in [4.78, 5) is 15.7. The quantitative estimate of drug-likeness (QED) is 0.768. The molecule has 0 spiro atoms. The van der Waals surface area contributed by atoms with E-state index < -0.39 is 0 Å². The lowest BCUT2D eigenvalue weighted by Crippen LogP contribution is -2.26. The van der Waals surface area contributed by atoms with E-state index in [-0.39, 0.29) is 16.9 Å². The van der Waals surface area contributed by atoms with E-state index in [2.05, 4.69) is 15.6 Å². The van der Waals surface area contributed by atoms with E-state index in [1.807, 2.05) is 18.3 Å². The highest BCUT2D eigenvalue weighted by molar-refractivity contribution is 6.29. The molecule has 6 heteroatoms. The van der Waals surface area contributed by atoms with Gasteiger partial charge in [-0.25, -0.2) is 0 Å². The molecule has 20 heavy (non-hydrogen) atoms. The first-order valence-corrected chi connectivity index (χ1v) is 6.76. The molecule has 0 fully saturated rings. The predicted molar refractivity (Wildman–Crippen MR) is 76.6 cm³/mol. The van der Waals surface area contributed by atoms with Gasteiger partial charge in [0.1, 0.15) is 0 Å². The van der Waals surface area contributed by atoms with Gasteiger partial charge in [-0.05, 0) is 48.3 Å². The zero-order valence-electron chi connectivity index (χ0n) is 10.9. The summed E-state index contributed by atoms with van der Waals surface area (Å²) in [6.07, 6.45) is 4.41. The van der Waals surface area contributed by atoms with E-state index in [4.69, 9.17) is 16.0 Å². The van der Waals surface area contributed by atoms with Crippen molar-refractivity contribution in [3.8, 4) is 0 Å². The van der Waals surface area contributed by atoms with Crippen LogP contribution in [-0.2, 0) is 6.54 Å². The number of hydrogen-bond donors (Lipinski definition) is 2. The second kappa shape index (κ2) is 7.67. The van der Waals surface area contributed by atoms with Gasteiger partial charge in [0.2, 0.25) is 0 Å². The summed E-state index contributed by atoms with van der Waals surface area (Å²) in [5.41, 5.74) is 1.14. The van der Waals surface area contributed by atoms with Gasteiger partial charge in [-0.1, -0.05) is 6.07 Å². The van der Waals surface area contributed by atoms with E-state index in [1.165, 1.54) is 0 Å². The molecule has 0 saturated heterocycles. The predicted octanol–water partition coefficient (Wildman–Crippen LogP) is 2.24. The van der Waals surface area contributed by atoms with Gasteiger partial charge in [-0.15, -0.1) is 0 Å². The van der Waals surface area contributed by atoms with Crippen LogP contribution in [0.15, 0.2) is 41.1 Å². The Morgan fingerprint density at radius 1 is 1.30 bits per heavy atom. The number of furan rings is 1. The maximum atomic E-state index is 11.6. The molecule has 0 atom stereocenters. The van der Waals surface area contributed by atoms with Crippen molar-refractivity contribution in [1.29, 1.82) is 0 Å². The van der Waals surface area contributed by atoms with E-state index in [1.54, 1.807) is 18.3 Å². The van der Waals surface area contributed by atoms with Crippen molar-refractivity contribution in [2.75, 3.05) is 13.1 Å². The van der Waals surface area contributed by atoms with Crippen molar-refractivity contribution in [1.82, 2.24) is 15.6 Å². The van der Waals surface area contributed by atoms with Crippen LogP contribution >= 0.6 is 11.6 Å². The highest BCUT2D eigenvalue weighted by Gasteiger charge is 2.08. The first-order valence-electron chi connectivity index (χ1n) is 6.39. The van der Waals surface area contributed by atoms with Crippen LogP contribution in [0.2, 0.25) is 5.22 Å². The number of hydrogen-bond acceptors (Lipinski definition) is 4. The molecule has 2 rings (SSSR count). The molecule has 0 radical (unpaired) electrons. The third-order valence-electron chi connectivity index (χ3n) is 2.66. The summed E-state index contributed by atoms with van der Waals surface area (Å²) < 4.78 is 5.01. The largest absolute Gasteiger partial charge is 0.440 e. The smallest absolute Gasteiger partial charge is 0.287 e. The van der Waals surface area contributed by atoms with Crippen LogP contribution in [0.25, 0.3) is 0 Å². The Morgan fingerprint density at radius 2 is 2.20 bits per heavy atom. The maximum Gasteiger partial charge on any atom is 0.287 e. The molecule has 0 aliphatic heterocycles. The summed E-state index contributed by atoms with van der Waals surface area (Å²) >= 11 is 5.60. The van der Waals surface area contributed by atoms with E-state index >= 15 is 0 Å². The minimum absolute atomic E-state index is 0.216. The summed E-state index contributed by atoms with van der Waals surface area (Å²) in [5, 5.41) is 6.27. The second-order valence-electron chi connectivity index (χ2n) is 4.25. The monoisotopic (exact) mass is 293 g/mol. The average Bonchev–Trinajstić information content (AvgIpc) is 2.90. The van der Waals surface area contributed by atoms with Gasteiger partial charge in [-0.3, -0.25) is 9.78 Å². The summed E-state index contributed by atoms with van der Waals surface area (Å²) in [6, 6.07) is 7.03. The number of aromatic nitrogens is 1. The number of halogens is 1. The highest BCUT2D eigenvalue weighted by Crippen LogP contribution is 2.12. The number of carbonyl (C=O) groups excluding carboxylic acids is 1. The van der Waals surface area contributed by atoms with Crippen molar-refractivity contribution in [3.63, 3.8) is 0 Å². The normalized spacial score (nSPS) is 10.4. The van der Waals surface area contributed by atoms with Crippen LogP contribution in [0.1, 0.15) is 22.5 Å². The zero-order chi connectivity index (χ0) is 14.2. The molecular formula is C14H16ClN3O2. The minimum Gasteiger partial charge on any atom is -0.440 e. The van der Waals surface area contributed by atoms with Gasteiger partial charge in [0.05, 0.1) is 0 Å². The Labute approximate surface area is 122 Å². The number of nitrogens with zero attached hydrogens (tertiary/aromatic N) is 1. The molecular weight excluding hydrogens is 278 g/mol. The Bertz CT molecular complexity index is 542. The van der Waals surface area contributed by atoms with E-state index in [9.17, 15) is 4.79 Å². The number of rotatable bonds is 7. The lowest BCUT2D eigenvalue weighted by atomic mass is 10.3. The topological polar surface area (TPSA) is 67.2 Å². The SMILES string of the molecule is O=C(NCCCNCc1cccnc1)c1ccc(Cl)o1. The van der Waals surface area contributed by atoms with Crippen molar-refractivity contribution >= 4 is 17.5 Å². The Hall–Kier alpha value is -1.85. The molecule has 0 aromatic carbocycles.